The Hall–Kier alpha value is -0.880. The summed E-state index contributed by atoms with van der Waals surface area (Å²) in [4.78, 5) is 2.77. The lowest BCUT2D eigenvalue weighted by atomic mass is 9.93. The van der Waals surface area contributed by atoms with Gasteiger partial charge in [-0.2, -0.15) is 4.31 Å². The summed E-state index contributed by atoms with van der Waals surface area (Å²) in [6.07, 6.45) is 7.40. The summed E-state index contributed by atoms with van der Waals surface area (Å²) in [5.74, 6) is 2.32. The smallest absolute Gasteiger partial charge is 0.243 e. The van der Waals surface area contributed by atoms with E-state index in [4.69, 9.17) is 11.6 Å². The van der Waals surface area contributed by atoms with Crippen LogP contribution in [-0.2, 0) is 10.0 Å². The molecule has 6 heteroatoms. The number of benzene rings is 1. The highest BCUT2D eigenvalue weighted by Gasteiger charge is 2.37. The highest BCUT2D eigenvalue weighted by atomic mass is 35.5. The average molecular weight is 367 g/mol. The maximum Gasteiger partial charge on any atom is 0.243 e. The van der Waals surface area contributed by atoms with E-state index in [1.807, 2.05) is 0 Å². The Morgan fingerprint density at radius 1 is 1.00 bits per heavy atom. The maximum absolute atomic E-state index is 12.7. The molecule has 1 aromatic carbocycles. The molecule has 2 fully saturated rings. The third-order valence-corrected chi connectivity index (χ3v) is 7.86. The van der Waals surface area contributed by atoms with Gasteiger partial charge in [0.1, 0.15) is 0 Å². The van der Waals surface area contributed by atoms with Gasteiger partial charge in [-0.3, -0.25) is 0 Å². The van der Waals surface area contributed by atoms with Crippen LogP contribution < -0.4 is 0 Å². The number of hydrogen-bond acceptors (Lipinski definition) is 3. The molecule has 0 unspecified atom stereocenters. The highest BCUT2D eigenvalue weighted by Crippen LogP contribution is 2.43. The van der Waals surface area contributed by atoms with Gasteiger partial charge in [0.2, 0.25) is 10.0 Å². The molecule has 2 aliphatic carbocycles. The predicted molar refractivity (Wildman–Crippen MR) is 95.5 cm³/mol. The molecular weight excluding hydrogens is 344 g/mol. The second-order valence-corrected chi connectivity index (χ2v) is 9.57. The Morgan fingerprint density at radius 3 is 2.29 bits per heavy atom. The number of halogens is 1. The first-order valence-corrected chi connectivity index (χ1v) is 10.5. The minimum absolute atomic E-state index is 0.332. The molecule has 1 aromatic rings. The van der Waals surface area contributed by atoms with E-state index in [-0.39, 0.29) is 0 Å². The fourth-order valence-corrected chi connectivity index (χ4v) is 5.89. The molecule has 24 heavy (non-hydrogen) atoms. The van der Waals surface area contributed by atoms with Gasteiger partial charge < -0.3 is 4.90 Å². The summed E-state index contributed by atoms with van der Waals surface area (Å²) in [5, 5.41) is 0.554. The van der Waals surface area contributed by atoms with E-state index in [1.165, 1.54) is 12.8 Å². The number of nitrogens with zero attached hydrogens (tertiary/aromatic N) is 2. The summed E-state index contributed by atoms with van der Waals surface area (Å²) in [6.45, 7) is 3.90. The Balaban J connectivity index is 1.35. The van der Waals surface area contributed by atoms with Crippen molar-refractivity contribution in [1.82, 2.24) is 9.21 Å². The Morgan fingerprint density at radius 2 is 1.71 bits per heavy atom. The lowest BCUT2D eigenvalue weighted by molar-refractivity contribution is 0.156. The third kappa shape index (κ3) is 3.15. The van der Waals surface area contributed by atoms with E-state index in [9.17, 15) is 8.42 Å². The van der Waals surface area contributed by atoms with Crippen LogP contribution in [0.25, 0.3) is 0 Å². The van der Waals surface area contributed by atoms with Crippen LogP contribution in [0.3, 0.4) is 0 Å². The molecule has 0 radical (unpaired) electrons. The van der Waals surface area contributed by atoms with Crippen molar-refractivity contribution in [2.24, 2.45) is 17.8 Å². The van der Waals surface area contributed by atoms with Crippen LogP contribution in [0.1, 0.15) is 12.8 Å². The van der Waals surface area contributed by atoms with Crippen molar-refractivity contribution in [2.45, 2.75) is 17.7 Å². The van der Waals surface area contributed by atoms with E-state index < -0.39 is 10.0 Å². The van der Waals surface area contributed by atoms with Crippen molar-refractivity contribution in [3.63, 3.8) is 0 Å². The topological polar surface area (TPSA) is 40.6 Å². The van der Waals surface area contributed by atoms with Crippen LogP contribution >= 0.6 is 11.6 Å². The van der Waals surface area contributed by atoms with Crippen LogP contribution in [0.15, 0.2) is 41.3 Å². The number of sulfonamides is 1. The van der Waals surface area contributed by atoms with E-state index in [0.717, 1.165) is 37.4 Å². The molecular formula is C18H23ClN2O2S. The van der Waals surface area contributed by atoms with Gasteiger partial charge in [-0.25, -0.2) is 8.42 Å². The first kappa shape index (κ1) is 16.6. The molecule has 1 heterocycles. The molecule has 2 bridgehead atoms. The molecule has 130 valence electrons. The molecule has 3 aliphatic rings. The Labute approximate surface area is 149 Å². The fourth-order valence-electron chi connectivity index (χ4n) is 4.34. The molecule has 3 atom stereocenters. The van der Waals surface area contributed by atoms with Gasteiger partial charge in [-0.15, -0.1) is 0 Å². The zero-order chi connectivity index (χ0) is 16.7. The van der Waals surface area contributed by atoms with Gasteiger partial charge in [0.25, 0.3) is 0 Å². The average Bonchev–Trinajstić information content (AvgIpc) is 3.19. The number of fused-ring (bicyclic) bond motifs is 2. The molecule has 1 saturated heterocycles. The summed E-state index contributed by atoms with van der Waals surface area (Å²) < 4.78 is 27.0. The predicted octanol–water partition coefficient (Wildman–Crippen LogP) is 2.86. The van der Waals surface area contributed by atoms with Crippen molar-refractivity contribution in [1.29, 1.82) is 0 Å². The van der Waals surface area contributed by atoms with Crippen LogP contribution in [0.4, 0.5) is 0 Å². The quantitative estimate of drug-likeness (QED) is 0.769. The van der Waals surface area contributed by atoms with E-state index in [1.54, 1.807) is 28.6 Å². The normalized spacial score (nSPS) is 31.0. The van der Waals surface area contributed by atoms with E-state index in [2.05, 4.69) is 17.1 Å². The van der Waals surface area contributed by atoms with Crippen molar-refractivity contribution in [3.05, 3.63) is 41.4 Å². The van der Waals surface area contributed by atoms with Gasteiger partial charge >= 0.3 is 0 Å². The van der Waals surface area contributed by atoms with Gasteiger partial charge in [-0.1, -0.05) is 23.8 Å². The largest absolute Gasteiger partial charge is 0.300 e. The van der Waals surface area contributed by atoms with Crippen LogP contribution in [0, 0.1) is 17.8 Å². The van der Waals surface area contributed by atoms with Crippen molar-refractivity contribution in [2.75, 3.05) is 32.7 Å². The van der Waals surface area contributed by atoms with Gasteiger partial charge in [0.05, 0.1) is 4.90 Å². The molecule has 0 spiro atoms. The van der Waals surface area contributed by atoms with Gasteiger partial charge in [0, 0.05) is 37.7 Å². The molecule has 0 aromatic heterocycles. The van der Waals surface area contributed by atoms with Crippen molar-refractivity contribution in [3.8, 4) is 0 Å². The van der Waals surface area contributed by atoms with Crippen molar-refractivity contribution < 1.29 is 8.42 Å². The Kier molecular flexibility index (Phi) is 4.45. The van der Waals surface area contributed by atoms with Gasteiger partial charge in [-0.05, 0) is 54.9 Å². The van der Waals surface area contributed by atoms with E-state index >= 15 is 0 Å². The van der Waals surface area contributed by atoms with Crippen LogP contribution in [-0.4, -0.2) is 50.3 Å². The van der Waals surface area contributed by atoms with Gasteiger partial charge in [0.15, 0.2) is 0 Å². The first-order valence-electron chi connectivity index (χ1n) is 8.69. The highest BCUT2D eigenvalue weighted by molar-refractivity contribution is 7.89. The molecule has 4 nitrogen and oxygen atoms in total. The minimum Gasteiger partial charge on any atom is -0.300 e. The molecule has 1 saturated carbocycles. The third-order valence-electron chi connectivity index (χ3n) is 5.69. The second kappa shape index (κ2) is 6.45. The SMILES string of the molecule is O=S(=O)(c1ccc(Cl)cc1)N1CCN(C[C@@H]2C[C@H]3C=C[C@H]2C3)CC1. The zero-order valence-electron chi connectivity index (χ0n) is 13.6. The van der Waals surface area contributed by atoms with Crippen LogP contribution in [0.2, 0.25) is 5.02 Å². The van der Waals surface area contributed by atoms with Crippen molar-refractivity contribution >= 4 is 21.6 Å². The van der Waals surface area contributed by atoms with E-state index in [0.29, 0.717) is 23.0 Å². The monoisotopic (exact) mass is 366 g/mol. The summed E-state index contributed by atoms with van der Waals surface area (Å²) in [6, 6.07) is 6.44. The number of piperazine rings is 1. The molecule has 4 rings (SSSR count). The fraction of sp³-hybridized carbons (Fsp3) is 0.556. The molecule has 1 aliphatic heterocycles. The summed E-state index contributed by atoms with van der Waals surface area (Å²) in [7, 11) is -3.40. The molecule has 0 N–H and O–H groups in total. The standard InChI is InChI=1S/C18H23ClN2O2S/c19-17-3-5-18(6-4-17)24(22,23)21-9-7-20(8-10-21)13-16-12-14-1-2-15(16)11-14/h1-6,14-16H,7-13H2/t14-,15-,16-/m0/s1. The number of rotatable bonds is 4. The number of hydrogen-bond donors (Lipinski definition) is 0. The maximum atomic E-state index is 12.7. The summed E-state index contributed by atoms with van der Waals surface area (Å²) >= 11 is 5.85. The zero-order valence-corrected chi connectivity index (χ0v) is 15.2. The van der Waals surface area contributed by atoms with Crippen LogP contribution in [0.5, 0.6) is 0 Å². The lowest BCUT2D eigenvalue weighted by Gasteiger charge is -2.36. The minimum atomic E-state index is -3.40. The summed E-state index contributed by atoms with van der Waals surface area (Å²) in [5.41, 5.74) is 0. The molecule has 0 amide bonds. The second-order valence-electron chi connectivity index (χ2n) is 7.20. The Bertz CT molecular complexity index is 724. The lowest BCUT2D eigenvalue weighted by Crippen LogP contribution is -2.49. The number of allylic oxidation sites excluding steroid dienone is 2. The first-order chi connectivity index (χ1) is 11.5.